The number of benzene rings is 4. The van der Waals surface area contributed by atoms with E-state index in [1.54, 1.807) is 0 Å². The van der Waals surface area contributed by atoms with Crippen LogP contribution in [0.25, 0.3) is 55.1 Å². The van der Waals surface area contributed by atoms with Crippen molar-refractivity contribution < 1.29 is 34.4 Å². The van der Waals surface area contributed by atoms with Gasteiger partial charge in [0.05, 0.1) is 5.76 Å². The second kappa shape index (κ2) is 15.8. The molecule has 0 unspecified atom stereocenters. The SMILES string of the molecule is CCC(CC)C(=O)/C=C(\O)C(CC)CC.[Ir].[c-]1cc2c(ccc3ccccc32)cc1-c1nccc2cc(-c3ccccc3)oc12. The summed E-state index contributed by atoms with van der Waals surface area (Å²) in [7, 11) is 0. The Balaban J connectivity index is 0.000000249. The zero-order valence-electron chi connectivity index (χ0n) is 26.3. The van der Waals surface area contributed by atoms with Crippen molar-refractivity contribution in [1.29, 1.82) is 0 Å². The van der Waals surface area contributed by atoms with Crippen LogP contribution >= 0.6 is 0 Å². The molecule has 4 aromatic carbocycles. The molecule has 0 atom stereocenters. The number of nitrogens with zero attached hydrogens (tertiary/aromatic N) is 1. The zero-order chi connectivity index (χ0) is 31.1. The fourth-order valence-corrected chi connectivity index (χ4v) is 5.76. The van der Waals surface area contributed by atoms with Gasteiger partial charge in [-0.2, -0.15) is 0 Å². The number of furan rings is 1. The molecule has 0 spiro atoms. The Morgan fingerprint density at radius 1 is 0.800 bits per heavy atom. The fourth-order valence-electron chi connectivity index (χ4n) is 5.76. The van der Waals surface area contributed by atoms with E-state index in [9.17, 15) is 9.90 Å². The molecule has 0 aliphatic carbocycles. The molecule has 0 fully saturated rings. The Morgan fingerprint density at radius 2 is 1.47 bits per heavy atom. The van der Waals surface area contributed by atoms with Crippen LogP contribution in [0, 0.1) is 17.9 Å². The molecule has 6 rings (SSSR count). The molecule has 2 aromatic heterocycles. The van der Waals surface area contributed by atoms with Gasteiger partial charge in [-0.25, -0.2) is 0 Å². The van der Waals surface area contributed by atoms with Gasteiger partial charge in [-0.15, -0.1) is 29.1 Å². The number of ketones is 1. The maximum Gasteiger partial charge on any atom is 0.162 e. The number of hydrogen-bond donors (Lipinski definition) is 1. The predicted molar refractivity (Wildman–Crippen MR) is 183 cm³/mol. The quantitative estimate of drug-likeness (QED) is 0.0688. The van der Waals surface area contributed by atoms with Gasteiger partial charge in [0.15, 0.2) is 5.78 Å². The first-order valence-corrected chi connectivity index (χ1v) is 15.7. The Hall–Kier alpha value is -4.05. The van der Waals surface area contributed by atoms with E-state index in [1.165, 1.54) is 27.6 Å². The summed E-state index contributed by atoms with van der Waals surface area (Å²) in [6.45, 7) is 8.07. The Bertz CT molecular complexity index is 1900. The fraction of sp³-hybridized carbons (Fsp3) is 0.250. The minimum atomic E-state index is 0. The first-order chi connectivity index (χ1) is 21.5. The molecule has 0 aliphatic heterocycles. The van der Waals surface area contributed by atoms with Crippen molar-refractivity contribution in [3.05, 3.63) is 115 Å². The summed E-state index contributed by atoms with van der Waals surface area (Å²) in [4.78, 5) is 16.3. The first kappa shape index (κ1) is 33.8. The number of carbonyl (C=O) groups excluding carboxylic acids is 1. The van der Waals surface area contributed by atoms with Gasteiger partial charge in [-0.1, -0.05) is 105 Å². The minimum absolute atomic E-state index is 0. The Labute approximate surface area is 279 Å². The Kier molecular flexibility index (Phi) is 11.9. The largest absolute Gasteiger partial charge is 0.512 e. The number of allylic oxidation sites excluding steroid dienone is 2. The summed E-state index contributed by atoms with van der Waals surface area (Å²) in [5.74, 6) is 1.40. The van der Waals surface area contributed by atoms with Crippen molar-refractivity contribution in [1.82, 2.24) is 4.98 Å². The van der Waals surface area contributed by atoms with Crippen LogP contribution in [0.4, 0.5) is 0 Å². The molecule has 0 saturated carbocycles. The zero-order valence-corrected chi connectivity index (χ0v) is 28.7. The van der Waals surface area contributed by atoms with Gasteiger partial charge < -0.3 is 14.5 Å². The molecular weight excluding hydrogens is 735 g/mol. The summed E-state index contributed by atoms with van der Waals surface area (Å²) in [5, 5.41) is 15.6. The molecule has 45 heavy (non-hydrogen) atoms. The molecule has 0 aliphatic rings. The molecule has 0 bridgehead atoms. The third-order valence-electron chi connectivity index (χ3n) is 8.51. The number of pyridine rings is 1. The number of aliphatic hydroxyl groups is 1. The average Bonchev–Trinajstić information content (AvgIpc) is 3.51. The summed E-state index contributed by atoms with van der Waals surface area (Å²) < 4.78 is 6.24. The molecule has 233 valence electrons. The van der Waals surface area contributed by atoms with E-state index in [1.807, 2.05) is 58.2 Å². The summed E-state index contributed by atoms with van der Waals surface area (Å²) in [6.07, 6.45) is 6.74. The monoisotopic (exact) mass is 775 g/mol. The van der Waals surface area contributed by atoms with Crippen LogP contribution in [0.2, 0.25) is 0 Å². The average molecular weight is 775 g/mol. The van der Waals surface area contributed by atoms with E-state index in [0.29, 0.717) is 0 Å². The van der Waals surface area contributed by atoms with E-state index >= 15 is 0 Å². The van der Waals surface area contributed by atoms with Crippen molar-refractivity contribution in [2.24, 2.45) is 11.8 Å². The van der Waals surface area contributed by atoms with E-state index in [4.69, 9.17) is 4.42 Å². The van der Waals surface area contributed by atoms with Crippen molar-refractivity contribution in [2.45, 2.75) is 53.4 Å². The summed E-state index contributed by atoms with van der Waals surface area (Å²) >= 11 is 0. The predicted octanol–water partition coefficient (Wildman–Crippen LogP) is 11.1. The Morgan fingerprint density at radius 3 is 2.18 bits per heavy atom. The van der Waals surface area contributed by atoms with Gasteiger partial charge in [0.1, 0.15) is 11.3 Å². The van der Waals surface area contributed by atoms with Gasteiger partial charge in [-0.3, -0.25) is 4.79 Å². The molecular formula is C40H40IrNO3-. The second-order valence-electron chi connectivity index (χ2n) is 11.2. The number of hydrogen-bond acceptors (Lipinski definition) is 4. The molecule has 1 radical (unpaired) electrons. The molecule has 6 aromatic rings. The van der Waals surface area contributed by atoms with Crippen LogP contribution in [0.5, 0.6) is 0 Å². The minimum Gasteiger partial charge on any atom is -0.512 e. The van der Waals surface area contributed by atoms with Gasteiger partial charge in [0.25, 0.3) is 0 Å². The van der Waals surface area contributed by atoms with Crippen molar-refractivity contribution in [3.8, 4) is 22.6 Å². The van der Waals surface area contributed by atoms with Crippen molar-refractivity contribution in [2.75, 3.05) is 0 Å². The van der Waals surface area contributed by atoms with Gasteiger partial charge in [0, 0.05) is 60.9 Å². The topological polar surface area (TPSA) is 63.3 Å². The van der Waals surface area contributed by atoms with E-state index < -0.39 is 0 Å². The normalized spacial score (nSPS) is 11.6. The summed E-state index contributed by atoms with van der Waals surface area (Å²) in [6, 6.07) is 34.6. The maximum absolute atomic E-state index is 11.7. The van der Waals surface area contributed by atoms with Gasteiger partial charge in [-0.05, 0) is 43.2 Å². The molecule has 0 saturated heterocycles. The van der Waals surface area contributed by atoms with Crippen LogP contribution in [0.1, 0.15) is 53.4 Å². The number of fused-ring (bicyclic) bond motifs is 4. The third kappa shape index (κ3) is 7.61. The van der Waals surface area contributed by atoms with E-state index in [-0.39, 0.29) is 43.5 Å². The standard InChI is InChI=1S/C27H16NO.C13H24O2.Ir/c1-2-7-19(8-3-1)25-17-22-14-15-28-26(27(22)29-25)21-12-13-24-20(16-21)11-10-18-6-4-5-9-23(18)24;1-5-10(6-2)12(14)9-13(15)11(7-3)8-4;/h1-11,13-17H;9-11,14H,5-8H2,1-4H3;/q-1;;/b;12-9-;. The third-order valence-corrected chi connectivity index (χ3v) is 8.51. The first-order valence-electron chi connectivity index (χ1n) is 15.7. The number of aliphatic hydroxyl groups excluding tert-OH is 1. The molecule has 5 heteroatoms. The van der Waals surface area contributed by atoms with Crippen LogP contribution in [0.3, 0.4) is 0 Å². The second-order valence-corrected chi connectivity index (χ2v) is 11.2. The molecule has 4 nitrogen and oxygen atoms in total. The van der Waals surface area contributed by atoms with E-state index in [0.717, 1.165) is 59.2 Å². The van der Waals surface area contributed by atoms with Crippen LogP contribution in [-0.4, -0.2) is 15.9 Å². The summed E-state index contributed by atoms with van der Waals surface area (Å²) in [5.41, 5.74) is 3.61. The van der Waals surface area contributed by atoms with Crippen LogP contribution in [0.15, 0.2) is 113 Å². The molecule has 2 heterocycles. The van der Waals surface area contributed by atoms with Gasteiger partial charge in [0.2, 0.25) is 0 Å². The van der Waals surface area contributed by atoms with Crippen LogP contribution < -0.4 is 0 Å². The van der Waals surface area contributed by atoms with E-state index in [2.05, 4.69) is 77.8 Å². The van der Waals surface area contributed by atoms with Crippen LogP contribution in [-0.2, 0) is 24.9 Å². The van der Waals surface area contributed by atoms with Crippen molar-refractivity contribution >= 4 is 38.3 Å². The van der Waals surface area contributed by atoms with Crippen molar-refractivity contribution in [3.63, 3.8) is 0 Å². The van der Waals surface area contributed by atoms with Gasteiger partial charge >= 0.3 is 0 Å². The smallest absolute Gasteiger partial charge is 0.162 e. The number of aromatic nitrogens is 1. The molecule has 1 N–H and O–H groups in total. The number of carbonyl (C=O) groups is 1. The number of rotatable bonds is 9. The molecule has 0 amide bonds. The maximum atomic E-state index is 11.7.